The van der Waals surface area contributed by atoms with Crippen LogP contribution in [0.5, 0.6) is 0 Å². The van der Waals surface area contributed by atoms with Crippen molar-refractivity contribution in [3.63, 3.8) is 0 Å². The molecule has 0 saturated carbocycles. The summed E-state index contributed by atoms with van der Waals surface area (Å²) in [7, 11) is 2.10. The average Bonchev–Trinajstić information content (AvgIpc) is 2.49. The summed E-state index contributed by atoms with van der Waals surface area (Å²) in [5.41, 5.74) is 9.97. The van der Waals surface area contributed by atoms with Gasteiger partial charge in [0.05, 0.1) is 5.52 Å². The number of pyridine rings is 1. The Morgan fingerprint density at radius 3 is 2.55 bits per heavy atom. The van der Waals surface area contributed by atoms with Crippen molar-refractivity contribution in [2.75, 3.05) is 17.7 Å². The molecule has 0 atom stereocenters. The molecular formula is C17H17N3. The molecular weight excluding hydrogens is 246 g/mol. The second-order valence-corrected chi connectivity index (χ2v) is 4.94. The Morgan fingerprint density at radius 2 is 1.75 bits per heavy atom. The highest BCUT2D eigenvalue weighted by molar-refractivity contribution is 5.91. The lowest BCUT2D eigenvalue weighted by molar-refractivity contribution is 0.927. The van der Waals surface area contributed by atoms with Crippen LogP contribution in [0.25, 0.3) is 10.9 Å². The smallest absolute Gasteiger partial charge is 0.0722 e. The quantitative estimate of drug-likeness (QED) is 0.736. The third kappa shape index (κ3) is 2.43. The number of hydrogen-bond acceptors (Lipinski definition) is 3. The Balaban J connectivity index is 1.92. The van der Waals surface area contributed by atoms with Crippen molar-refractivity contribution in [3.05, 3.63) is 66.4 Å². The number of hydrogen-bond donors (Lipinski definition) is 1. The van der Waals surface area contributed by atoms with E-state index in [0.717, 1.165) is 17.7 Å². The molecule has 3 nitrogen and oxygen atoms in total. The highest BCUT2D eigenvalue weighted by atomic mass is 15.1. The molecule has 2 N–H and O–H groups in total. The van der Waals surface area contributed by atoms with Gasteiger partial charge in [-0.15, -0.1) is 0 Å². The molecule has 0 radical (unpaired) electrons. The maximum Gasteiger partial charge on any atom is 0.0722 e. The molecule has 100 valence electrons. The third-order valence-electron chi connectivity index (χ3n) is 3.44. The Kier molecular flexibility index (Phi) is 3.25. The van der Waals surface area contributed by atoms with Crippen LogP contribution in [0.1, 0.15) is 5.56 Å². The molecule has 0 aliphatic rings. The third-order valence-corrected chi connectivity index (χ3v) is 3.44. The number of para-hydroxylation sites is 1. The van der Waals surface area contributed by atoms with Gasteiger partial charge in [-0.1, -0.05) is 30.3 Å². The van der Waals surface area contributed by atoms with Gasteiger partial charge in [-0.3, -0.25) is 4.98 Å². The summed E-state index contributed by atoms with van der Waals surface area (Å²) in [6.07, 6.45) is 1.86. The standard InChI is InChI=1S/C17H17N3/c1-20(12-13-6-8-14(18)9-7-13)17-10-11-19-16-5-3-2-4-15(16)17/h2-11H,12,18H2,1H3. The summed E-state index contributed by atoms with van der Waals surface area (Å²) in [6.45, 7) is 0.842. The van der Waals surface area contributed by atoms with E-state index < -0.39 is 0 Å². The van der Waals surface area contributed by atoms with Gasteiger partial charge in [0.2, 0.25) is 0 Å². The molecule has 0 unspecified atom stereocenters. The van der Waals surface area contributed by atoms with Crippen LogP contribution in [0.4, 0.5) is 11.4 Å². The molecule has 0 aliphatic carbocycles. The zero-order valence-electron chi connectivity index (χ0n) is 11.5. The molecule has 1 heterocycles. The van der Waals surface area contributed by atoms with Gasteiger partial charge in [0.25, 0.3) is 0 Å². The highest BCUT2D eigenvalue weighted by Gasteiger charge is 2.06. The van der Waals surface area contributed by atoms with Crippen LogP contribution < -0.4 is 10.6 Å². The van der Waals surface area contributed by atoms with E-state index in [1.165, 1.54) is 16.6 Å². The SMILES string of the molecule is CN(Cc1ccc(N)cc1)c1ccnc2ccccc12. The fraction of sp³-hybridized carbons (Fsp3) is 0.118. The predicted octanol–water partition coefficient (Wildman–Crippen LogP) is 3.45. The molecule has 0 bridgehead atoms. The zero-order chi connectivity index (χ0) is 13.9. The fourth-order valence-corrected chi connectivity index (χ4v) is 2.40. The van der Waals surface area contributed by atoms with Crippen LogP contribution in [0.3, 0.4) is 0 Å². The van der Waals surface area contributed by atoms with Gasteiger partial charge in [0.1, 0.15) is 0 Å². The Hall–Kier alpha value is -2.55. The predicted molar refractivity (Wildman–Crippen MR) is 84.7 cm³/mol. The number of rotatable bonds is 3. The first-order valence-corrected chi connectivity index (χ1v) is 6.63. The number of aromatic nitrogens is 1. The van der Waals surface area contributed by atoms with Gasteiger partial charge in [-0.2, -0.15) is 0 Å². The Morgan fingerprint density at radius 1 is 1.00 bits per heavy atom. The van der Waals surface area contributed by atoms with Gasteiger partial charge in [0.15, 0.2) is 0 Å². The summed E-state index contributed by atoms with van der Waals surface area (Å²) in [6, 6.07) is 18.3. The van der Waals surface area contributed by atoms with E-state index in [1.54, 1.807) is 0 Å². The summed E-state index contributed by atoms with van der Waals surface area (Å²) in [5, 5.41) is 1.17. The number of benzene rings is 2. The molecule has 0 saturated heterocycles. The Bertz CT molecular complexity index is 714. The van der Waals surface area contributed by atoms with Crippen LogP contribution in [0.15, 0.2) is 60.8 Å². The van der Waals surface area contributed by atoms with Crippen LogP contribution in [0.2, 0.25) is 0 Å². The molecule has 0 spiro atoms. The van der Waals surface area contributed by atoms with E-state index in [1.807, 2.05) is 36.5 Å². The summed E-state index contributed by atoms with van der Waals surface area (Å²) >= 11 is 0. The summed E-state index contributed by atoms with van der Waals surface area (Å²) < 4.78 is 0. The van der Waals surface area contributed by atoms with E-state index in [2.05, 4.69) is 41.2 Å². The molecule has 0 amide bonds. The Labute approximate surface area is 118 Å². The molecule has 20 heavy (non-hydrogen) atoms. The average molecular weight is 263 g/mol. The first-order chi connectivity index (χ1) is 9.74. The second kappa shape index (κ2) is 5.21. The van der Waals surface area contributed by atoms with Crippen molar-refractivity contribution in [2.45, 2.75) is 6.54 Å². The highest BCUT2D eigenvalue weighted by Crippen LogP contribution is 2.25. The van der Waals surface area contributed by atoms with E-state index in [-0.39, 0.29) is 0 Å². The van der Waals surface area contributed by atoms with Crippen molar-refractivity contribution < 1.29 is 0 Å². The minimum absolute atomic E-state index is 0.797. The van der Waals surface area contributed by atoms with E-state index >= 15 is 0 Å². The topological polar surface area (TPSA) is 42.1 Å². The van der Waals surface area contributed by atoms with Gasteiger partial charge in [-0.25, -0.2) is 0 Å². The number of anilines is 2. The van der Waals surface area contributed by atoms with Crippen LogP contribution in [0, 0.1) is 0 Å². The first-order valence-electron chi connectivity index (χ1n) is 6.63. The molecule has 2 aromatic carbocycles. The number of nitrogen functional groups attached to an aromatic ring is 1. The first kappa shape index (κ1) is 12.5. The molecule has 1 aromatic heterocycles. The van der Waals surface area contributed by atoms with Crippen molar-refractivity contribution in [3.8, 4) is 0 Å². The van der Waals surface area contributed by atoms with Crippen molar-refractivity contribution in [1.29, 1.82) is 0 Å². The zero-order valence-corrected chi connectivity index (χ0v) is 11.5. The van der Waals surface area contributed by atoms with Crippen LogP contribution in [-0.2, 0) is 6.54 Å². The maximum absolute atomic E-state index is 5.72. The summed E-state index contributed by atoms with van der Waals surface area (Å²) in [4.78, 5) is 6.63. The molecule has 3 heteroatoms. The van der Waals surface area contributed by atoms with Crippen LogP contribution in [-0.4, -0.2) is 12.0 Å². The van der Waals surface area contributed by atoms with Gasteiger partial charge in [-0.05, 0) is 29.8 Å². The molecule has 3 rings (SSSR count). The summed E-state index contributed by atoms with van der Waals surface area (Å²) in [5.74, 6) is 0. The van der Waals surface area contributed by atoms with E-state index in [9.17, 15) is 0 Å². The van der Waals surface area contributed by atoms with Crippen molar-refractivity contribution >= 4 is 22.3 Å². The minimum Gasteiger partial charge on any atom is -0.399 e. The van der Waals surface area contributed by atoms with Crippen LogP contribution >= 0.6 is 0 Å². The number of nitrogens with zero attached hydrogens (tertiary/aromatic N) is 2. The normalized spacial score (nSPS) is 10.7. The number of nitrogens with two attached hydrogens (primary N) is 1. The minimum atomic E-state index is 0.797. The second-order valence-electron chi connectivity index (χ2n) is 4.94. The molecule has 3 aromatic rings. The van der Waals surface area contributed by atoms with E-state index in [4.69, 9.17) is 5.73 Å². The molecule has 0 fully saturated rings. The monoisotopic (exact) mass is 263 g/mol. The largest absolute Gasteiger partial charge is 0.399 e. The lowest BCUT2D eigenvalue weighted by Gasteiger charge is -2.21. The lowest BCUT2D eigenvalue weighted by atomic mass is 10.1. The lowest BCUT2D eigenvalue weighted by Crippen LogP contribution is -2.16. The maximum atomic E-state index is 5.72. The van der Waals surface area contributed by atoms with Crippen molar-refractivity contribution in [1.82, 2.24) is 4.98 Å². The van der Waals surface area contributed by atoms with E-state index in [0.29, 0.717) is 0 Å². The fourth-order valence-electron chi connectivity index (χ4n) is 2.40. The van der Waals surface area contributed by atoms with Gasteiger partial charge >= 0.3 is 0 Å². The molecule has 0 aliphatic heterocycles. The van der Waals surface area contributed by atoms with Gasteiger partial charge < -0.3 is 10.6 Å². The van der Waals surface area contributed by atoms with Gasteiger partial charge in [0, 0.05) is 36.6 Å². The van der Waals surface area contributed by atoms with Crippen molar-refractivity contribution in [2.24, 2.45) is 0 Å². The number of fused-ring (bicyclic) bond motifs is 1.